The highest BCUT2D eigenvalue weighted by molar-refractivity contribution is 7.92. The molecule has 0 saturated carbocycles. The van der Waals surface area contributed by atoms with Crippen molar-refractivity contribution in [1.29, 1.82) is 0 Å². The van der Waals surface area contributed by atoms with E-state index in [0.29, 0.717) is 16.1 Å². The van der Waals surface area contributed by atoms with E-state index < -0.39 is 10.0 Å². The molecule has 1 aromatic heterocycles. The first-order valence-electron chi connectivity index (χ1n) is 8.16. The second-order valence-corrected chi connectivity index (χ2v) is 8.78. The Kier molecular flexibility index (Phi) is 5.16. The van der Waals surface area contributed by atoms with Crippen LogP contribution in [-0.4, -0.2) is 27.2 Å². The number of anilines is 1. The van der Waals surface area contributed by atoms with Gasteiger partial charge in [-0.15, -0.1) is 0 Å². The summed E-state index contributed by atoms with van der Waals surface area (Å²) in [6.45, 7) is 3.86. The molecule has 0 aliphatic rings. The average molecular weight is 409 g/mol. The molecular formula is C18H20N2O5S2. The average Bonchev–Trinajstić information content (AvgIpc) is 2.95. The van der Waals surface area contributed by atoms with Crippen molar-refractivity contribution in [2.75, 3.05) is 18.9 Å². The molecule has 1 heterocycles. The van der Waals surface area contributed by atoms with E-state index in [9.17, 15) is 13.2 Å². The number of hydrogen-bond acceptors (Lipinski definition) is 6. The number of fused-ring (bicyclic) bond motifs is 1. The van der Waals surface area contributed by atoms with Crippen LogP contribution in [0.3, 0.4) is 0 Å². The van der Waals surface area contributed by atoms with Crippen LogP contribution in [0.1, 0.15) is 19.9 Å². The van der Waals surface area contributed by atoms with Crippen LogP contribution < -0.4 is 19.1 Å². The van der Waals surface area contributed by atoms with Crippen molar-refractivity contribution in [2.45, 2.75) is 24.8 Å². The van der Waals surface area contributed by atoms with Crippen molar-refractivity contribution in [3.05, 3.63) is 46.1 Å². The molecule has 0 spiro atoms. The lowest BCUT2D eigenvalue weighted by Gasteiger charge is -2.13. The van der Waals surface area contributed by atoms with Crippen LogP contribution in [0.5, 0.6) is 11.5 Å². The molecule has 27 heavy (non-hydrogen) atoms. The van der Waals surface area contributed by atoms with Crippen molar-refractivity contribution in [2.24, 2.45) is 0 Å². The van der Waals surface area contributed by atoms with Crippen molar-refractivity contribution in [3.63, 3.8) is 0 Å². The van der Waals surface area contributed by atoms with E-state index >= 15 is 0 Å². The number of hydrogen-bond donors (Lipinski definition) is 1. The zero-order valence-electron chi connectivity index (χ0n) is 15.3. The summed E-state index contributed by atoms with van der Waals surface area (Å²) < 4.78 is 40.9. The Morgan fingerprint density at radius 1 is 1.07 bits per heavy atom. The number of rotatable bonds is 6. The van der Waals surface area contributed by atoms with Gasteiger partial charge in [-0.3, -0.25) is 14.1 Å². The summed E-state index contributed by atoms with van der Waals surface area (Å²) in [7, 11) is -1.05. The Bertz CT molecular complexity index is 1150. The highest BCUT2D eigenvalue weighted by Crippen LogP contribution is 2.31. The lowest BCUT2D eigenvalue weighted by molar-refractivity contribution is 0.392. The lowest BCUT2D eigenvalue weighted by atomic mass is 10.3. The third-order valence-corrected chi connectivity index (χ3v) is 6.36. The summed E-state index contributed by atoms with van der Waals surface area (Å²) in [6, 6.07) is 9.61. The van der Waals surface area contributed by atoms with E-state index in [2.05, 4.69) is 4.72 Å². The molecule has 144 valence electrons. The molecule has 0 unspecified atom stereocenters. The third kappa shape index (κ3) is 3.65. The number of nitrogens with one attached hydrogen (secondary N) is 1. The quantitative estimate of drug-likeness (QED) is 0.675. The Hall–Kier alpha value is -2.52. The summed E-state index contributed by atoms with van der Waals surface area (Å²) in [5.74, 6) is 0.610. The molecule has 1 N–H and O–H groups in total. The van der Waals surface area contributed by atoms with Gasteiger partial charge in [0.15, 0.2) is 0 Å². The number of aromatic nitrogens is 1. The van der Waals surface area contributed by atoms with Gasteiger partial charge in [0.2, 0.25) is 0 Å². The summed E-state index contributed by atoms with van der Waals surface area (Å²) in [5, 5.41) is 0. The maximum absolute atomic E-state index is 12.9. The van der Waals surface area contributed by atoms with Crippen molar-refractivity contribution < 1.29 is 17.9 Å². The molecular weight excluding hydrogens is 388 g/mol. The molecule has 7 nitrogen and oxygen atoms in total. The topological polar surface area (TPSA) is 86.6 Å². The molecule has 0 bridgehead atoms. The van der Waals surface area contributed by atoms with Crippen LogP contribution in [0.2, 0.25) is 0 Å². The second-order valence-electron chi connectivity index (χ2n) is 6.14. The molecule has 3 rings (SSSR count). The fourth-order valence-corrected chi connectivity index (χ4v) is 5.08. The van der Waals surface area contributed by atoms with E-state index in [0.717, 1.165) is 16.9 Å². The zero-order chi connectivity index (χ0) is 19.8. The van der Waals surface area contributed by atoms with Gasteiger partial charge in [0.1, 0.15) is 16.4 Å². The molecule has 0 aliphatic carbocycles. The summed E-state index contributed by atoms with van der Waals surface area (Å²) in [4.78, 5) is 12.1. The molecule has 3 aromatic rings. The van der Waals surface area contributed by atoms with Gasteiger partial charge in [0.25, 0.3) is 10.0 Å². The van der Waals surface area contributed by atoms with Crippen molar-refractivity contribution in [3.8, 4) is 11.5 Å². The number of sulfonamides is 1. The van der Waals surface area contributed by atoms with E-state index in [1.807, 2.05) is 13.8 Å². The number of methoxy groups -OCH3 is 2. The van der Waals surface area contributed by atoms with Gasteiger partial charge < -0.3 is 9.47 Å². The Balaban J connectivity index is 2.03. The van der Waals surface area contributed by atoms with Crippen LogP contribution in [0.25, 0.3) is 10.2 Å². The molecule has 0 atom stereocenters. The second kappa shape index (κ2) is 7.24. The third-order valence-electron chi connectivity index (χ3n) is 4.04. The molecule has 9 heteroatoms. The van der Waals surface area contributed by atoms with Crippen LogP contribution in [-0.2, 0) is 10.0 Å². The fraction of sp³-hybridized carbons (Fsp3) is 0.278. The Morgan fingerprint density at radius 3 is 2.44 bits per heavy atom. The summed E-state index contributed by atoms with van der Waals surface area (Å²) in [5.41, 5.74) is 1.14. The van der Waals surface area contributed by atoms with Crippen LogP contribution in [0.4, 0.5) is 5.69 Å². The van der Waals surface area contributed by atoms with Crippen LogP contribution in [0.15, 0.2) is 46.1 Å². The highest BCUT2D eigenvalue weighted by atomic mass is 32.2. The molecule has 0 amide bonds. The maximum Gasteiger partial charge on any atom is 0.308 e. The van der Waals surface area contributed by atoms with Gasteiger partial charge in [0.05, 0.1) is 30.1 Å². The first-order chi connectivity index (χ1) is 12.8. The first kappa shape index (κ1) is 19.2. The number of ether oxygens (including phenoxy) is 2. The van der Waals surface area contributed by atoms with E-state index in [-0.39, 0.29) is 21.6 Å². The van der Waals surface area contributed by atoms with Gasteiger partial charge in [-0.1, -0.05) is 11.3 Å². The minimum Gasteiger partial charge on any atom is -0.497 e. The van der Waals surface area contributed by atoms with E-state index in [1.54, 1.807) is 28.8 Å². The minimum atomic E-state index is -3.91. The highest BCUT2D eigenvalue weighted by Gasteiger charge is 2.21. The minimum absolute atomic E-state index is 0.0230. The normalized spacial score (nSPS) is 11.7. The summed E-state index contributed by atoms with van der Waals surface area (Å²) >= 11 is 1.08. The number of nitrogens with zero attached hydrogens (tertiary/aromatic N) is 1. The zero-order valence-corrected chi connectivity index (χ0v) is 17.0. The van der Waals surface area contributed by atoms with Crippen molar-refractivity contribution >= 4 is 37.3 Å². The number of benzene rings is 2. The molecule has 0 radical (unpaired) electrons. The van der Waals surface area contributed by atoms with Gasteiger partial charge >= 0.3 is 4.87 Å². The van der Waals surface area contributed by atoms with Crippen LogP contribution >= 0.6 is 11.3 Å². The van der Waals surface area contributed by atoms with Gasteiger partial charge in [-0.05, 0) is 44.2 Å². The van der Waals surface area contributed by atoms with Gasteiger partial charge in [0, 0.05) is 12.1 Å². The summed E-state index contributed by atoms with van der Waals surface area (Å²) in [6.07, 6.45) is 0. The standard InChI is InChI=1S/C18H20N2O5S2/c1-11(2)20-14-7-5-12(9-16(14)26-18(20)21)19-27(22,23)17-10-13(24-3)6-8-15(17)25-4/h5-11,19H,1-4H3. The van der Waals surface area contributed by atoms with Gasteiger partial charge in [-0.25, -0.2) is 8.42 Å². The lowest BCUT2D eigenvalue weighted by Crippen LogP contribution is -2.15. The maximum atomic E-state index is 12.9. The van der Waals surface area contributed by atoms with E-state index in [4.69, 9.17) is 9.47 Å². The first-order valence-corrected chi connectivity index (χ1v) is 10.5. The molecule has 2 aromatic carbocycles. The van der Waals surface area contributed by atoms with Crippen molar-refractivity contribution in [1.82, 2.24) is 4.57 Å². The predicted octanol–water partition coefficient (Wildman–Crippen LogP) is 3.46. The number of thiazole rings is 1. The van der Waals surface area contributed by atoms with Gasteiger partial charge in [-0.2, -0.15) is 0 Å². The monoisotopic (exact) mass is 408 g/mol. The van der Waals surface area contributed by atoms with Crippen LogP contribution in [0, 0.1) is 0 Å². The largest absolute Gasteiger partial charge is 0.497 e. The SMILES string of the molecule is COc1ccc(OC)c(S(=O)(=O)Nc2ccc3c(c2)sc(=O)n3C(C)C)c1. The molecule has 0 aliphatic heterocycles. The predicted molar refractivity (Wildman–Crippen MR) is 107 cm³/mol. The fourth-order valence-electron chi connectivity index (χ4n) is 2.79. The Labute approximate surface area is 161 Å². The smallest absolute Gasteiger partial charge is 0.308 e. The Morgan fingerprint density at radius 2 is 1.81 bits per heavy atom. The molecule has 0 saturated heterocycles. The van der Waals surface area contributed by atoms with E-state index in [1.165, 1.54) is 26.4 Å². The molecule has 0 fully saturated rings.